The predicted octanol–water partition coefficient (Wildman–Crippen LogP) is 2.80. The van der Waals surface area contributed by atoms with Crippen LogP contribution in [0.2, 0.25) is 5.02 Å². The normalized spacial score (nSPS) is 10.7. The van der Waals surface area contributed by atoms with Gasteiger partial charge in [0.2, 0.25) is 0 Å². The van der Waals surface area contributed by atoms with E-state index in [0.717, 1.165) is 11.1 Å². The minimum absolute atomic E-state index is 0.571. The zero-order valence-electron chi connectivity index (χ0n) is 7.30. The van der Waals surface area contributed by atoms with Crippen LogP contribution in [0.4, 0.5) is 0 Å². The molecule has 1 aromatic carbocycles. The first-order valence-electron chi connectivity index (χ1n) is 3.82. The van der Waals surface area contributed by atoms with Gasteiger partial charge in [-0.3, -0.25) is 0 Å². The van der Waals surface area contributed by atoms with E-state index in [2.05, 4.69) is 5.16 Å². The Morgan fingerprint density at radius 3 is 2.92 bits per heavy atom. The Balaban J connectivity index is 2.76. The first-order chi connectivity index (χ1) is 6.22. The molecule has 0 atom stereocenters. The fourth-order valence-electron chi connectivity index (χ4n) is 1.22. The van der Waals surface area contributed by atoms with Crippen LogP contribution < -0.4 is 4.74 Å². The molecule has 4 heteroatoms. The van der Waals surface area contributed by atoms with Crippen LogP contribution in [0.15, 0.2) is 16.7 Å². The molecular weight excluding hydrogens is 190 g/mol. The third-order valence-electron chi connectivity index (χ3n) is 1.92. The molecule has 0 bridgehead atoms. The molecule has 0 aliphatic carbocycles. The Bertz CT molecular complexity index is 450. The van der Waals surface area contributed by atoms with Crippen molar-refractivity contribution in [3.05, 3.63) is 22.8 Å². The van der Waals surface area contributed by atoms with Crippen LogP contribution in [0, 0.1) is 6.92 Å². The Labute approximate surface area is 80.2 Å². The molecule has 0 spiro atoms. The van der Waals surface area contributed by atoms with E-state index >= 15 is 0 Å². The first-order valence-corrected chi connectivity index (χ1v) is 4.19. The van der Waals surface area contributed by atoms with Gasteiger partial charge in [-0.2, -0.15) is 0 Å². The number of hydrogen-bond acceptors (Lipinski definition) is 3. The monoisotopic (exact) mass is 197 g/mol. The fourth-order valence-corrected chi connectivity index (χ4v) is 1.46. The van der Waals surface area contributed by atoms with Crippen molar-refractivity contribution in [2.75, 3.05) is 7.11 Å². The molecule has 1 heterocycles. The second-order valence-corrected chi connectivity index (χ2v) is 3.16. The zero-order chi connectivity index (χ0) is 9.42. The molecule has 2 aromatic rings. The van der Waals surface area contributed by atoms with Gasteiger partial charge >= 0.3 is 0 Å². The van der Waals surface area contributed by atoms with E-state index < -0.39 is 0 Å². The third-order valence-corrected chi connectivity index (χ3v) is 2.22. The van der Waals surface area contributed by atoms with Crippen LogP contribution in [-0.4, -0.2) is 12.3 Å². The van der Waals surface area contributed by atoms with Crippen molar-refractivity contribution in [1.82, 2.24) is 5.16 Å². The molecule has 0 unspecified atom stereocenters. The summed E-state index contributed by atoms with van der Waals surface area (Å²) >= 11 is 5.94. The average molecular weight is 198 g/mol. The average Bonchev–Trinajstić information content (AvgIpc) is 2.47. The maximum absolute atomic E-state index is 5.94. The maximum Gasteiger partial charge on any atom is 0.170 e. The molecule has 0 aliphatic heterocycles. The highest BCUT2D eigenvalue weighted by Crippen LogP contribution is 2.30. The van der Waals surface area contributed by atoms with E-state index in [-0.39, 0.29) is 0 Å². The summed E-state index contributed by atoms with van der Waals surface area (Å²) in [5.74, 6) is 0.602. The molecule has 3 nitrogen and oxygen atoms in total. The summed E-state index contributed by atoms with van der Waals surface area (Å²) in [6.45, 7) is 1.87. The Hall–Kier alpha value is -1.22. The van der Waals surface area contributed by atoms with E-state index in [1.54, 1.807) is 19.2 Å². The standard InChI is InChI=1S/C9H8ClNO2/c1-5-6-3-7(10)9(12-2)4-8(6)13-11-5/h3-4H,1-2H3. The molecular formula is C9H8ClNO2. The number of aromatic nitrogens is 1. The highest BCUT2D eigenvalue weighted by Gasteiger charge is 2.08. The molecule has 0 radical (unpaired) electrons. The lowest BCUT2D eigenvalue weighted by atomic mass is 10.2. The highest BCUT2D eigenvalue weighted by atomic mass is 35.5. The van der Waals surface area contributed by atoms with Gasteiger partial charge < -0.3 is 9.26 Å². The van der Waals surface area contributed by atoms with Crippen molar-refractivity contribution < 1.29 is 9.26 Å². The summed E-state index contributed by atoms with van der Waals surface area (Å²) in [5, 5.41) is 5.32. The molecule has 0 aliphatic rings. The van der Waals surface area contributed by atoms with Gasteiger partial charge in [0.1, 0.15) is 5.75 Å². The van der Waals surface area contributed by atoms with E-state index in [1.807, 2.05) is 6.92 Å². The Morgan fingerprint density at radius 2 is 2.23 bits per heavy atom. The van der Waals surface area contributed by atoms with Gasteiger partial charge in [-0.05, 0) is 13.0 Å². The van der Waals surface area contributed by atoms with Crippen LogP contribution in [0.3, 0.4) is 0 Å². The summed E-state index contributed by atoms with van der Waals surface area (Å²) in [7, 11) is 1.57. The topological polar surface area (TPSA) is 35.3 Å². The van der Waals surface area contributed by atoms with Crippen molar-refractivity contribution in [3.8, 4) is 5.75 Å². The maximum atomic E-state index is 5.94. The quantitative estimate of drug-likeness (QED) is 0.705. The first kappa shape index (κ1) is 8.38. The van der Waals surface area contributed by atoms with Crippen LogP contribution >= 0.6 is 11.6 Å². The number of fused-ring (bicyclic) bond motifs is 1. The molecule has 0 saturated carbocycles. The van der Waals surface area contributed by atoms with Crippen LogP contribution in [0.5, 0.6) is 5.75 Å². The molecule has 1 aromatic heterocycles. The molecule has 13 heavy (non-hydrogen) atoms. The van der Waals surface area contributed by atoms with E-state index in [9.17, 15) is 0 Å². The van der Waals surface area contributed by atoms with Crippen molar-refractivity contribution in [3.63, 3.8) is 0 Å². The number of methoxy groups -OCH3 is 1. The Morgan fingerprint density at radius 1 is 1.46 bits per heavy atom. The fraction of sp³-hybridized carbons (Fsp3) is 0.222. The lowest BCUT2D eigenvalue weighted by Gasteiger charge is -2.00. The molecule has 68 valence electrons. The van der Waals surface area contributed by atoms with E-state index in [0.29, 0.717) is 16.4 Å². The van der Waals surface area contributed by atoms with Gasteiger partial charge in [0, 0.05) is 11.5 Å². The predicted molar refractivity (Wildman–Crippen MR) is 50.3 cm³/mol. The largest absolute Gasteiger partial charge is 0.495 e. The number of ether oxygens (including phenoxy) is 1. The SMILES string of the molecule is COc1cc2onc(C)c2cc1Cl. The van der Waals surface area contributed by atoms with Crippen molar-refractivity contribution in [1.29, 1.82) is 0 Å². The number of rotatable bonds is 1. The zero-order valence-corrected chi connectivity index (χ0v) is 8.05. The second-order valence-electron chi connectivity index (χ2n) is 2.75. The number of hydrogen-bond donors (Lipinski definition) is 0. The van der Waals surface area contributed by atoms with Gasteiger partial charge in [-0.15, -0.1) is 0 Å². The summed E-state index contributed by atoms with van der Waals surface area (Å²) in [6.07, 6.45) is 0. The van der Waals surface area contributed by atoms with E-state index in [4.69, 9.17) is 20.9 Å². The van der Waals surface area contributed by atoms with Crippen LogP contribution in [0.25, 0.3) is 11.0 Å². The highest BCUT2D eigenvalue weighted by molar-refractivity contribution is 6.32. The molecule has 2 rings (SSSR count). The number of benzene rings is 1. The summed E-state index contributed by atoms with van der Waals surface area (Å²) in [6, 6.07) is 3.53. The molecule has 0 saturated heterocycles. The number of aryl methyl sites for hydroxylation is 1. The third kappa shape index (κ3) is 1.25. The Kier molecular flexibility index (Phi) is 1.88. The second kappa shape index (κ2) is 2.92. The van der Waals surface area contributed by atoms with Crippen molar-refractivity contribution in [2.24, 2.45) is 0 Å². The summed E-state index contributed by atoms with van der Waals surface area (Å²) < 4.78 is 10.1. The lowest BCUT2D eigenvalue weighted by molar-refractivity contribution is 0.411. The smallest absolute Gasteiger partial charge is 0.170 e. The van der Waals surface area contributed by atoms with E-state index in [1.165, 1.54) is 0 Å². The summed E-state index contributed by atoms with van der Waals surface area (Å²) in [4.78, 5) is 0. The number of halogens is 1. The minimum Gasteiger partial charge on any atom is -0.495 e. The molecule has 0 fully saturated rings. The molecule has 0 N–H and O–H groups in total. The van der Waals surface area contributed by atoms with Gasteiger partial charge in [-0.1, -0.05) is 16.8 Å². The van der Waals surface area contributed by atoms with Crippen LogP contribution in [-0.2, 0) is 0 Å². The minimum atomic E-state index is 0.571. The number of nitrogens with zero attached hydrogens (tertiary/aromatic N) is 1. The van der Waals surface area contributed by atoms with Gasteiger partial charge in [0.25, 0.3) is 0 Å². The lowest BCUT2D eigenvalue weighted by Crippen LogP contribution is -1.83. The summed E-state index contributed by atoms with van der Waals surface area (Å²) in [5.41, 5.74) is 1.53. The van der Waals surface area contributed by atoms with Crippen molar-refractivity contribution >= 4 is 22.6 Å². The van der Waals surface area contributed by atoms with Crippen LogP contribution in [0.1, 0.15) is 5.69 Å². The van der Waals surface area contributed by atoms with Crippen molar-refractivity contribution in [2.45, 2.75) is 6.92 Å². The van der Waals surface area contributed by atoms with Gasteiger partial charge in [0.15, 0.2) is 5.58 Å². The molecule has 0 amide bonds. The van der Waals surface area contributed by atoms with Gasteiger partial charge in [-0.25, -0.2) is 0 Å². The van der Waals surface area contributed by atoms with Gasteiger partial charge in [0.05, 0.1) is 17.8 Å².